The molecule has 0 aliphatic heterocycles. The second-order valence-electron chi connectivity index (χ2n) is 9.30. The van der Waals surface area contributed by atoms with Crippen LogP contribution in [0.5, 0.6) is 0 Å². The third-order valence-electron chi connectivity index (χ3n) is 8.10. The average Bonchev–Trinajstić information content (AvgIpc) is 2.66. The summed E-state index contributed by atoms with van der Waals surface area (Å²) in [5.74, 6) is 3.17. The lowest BCUT2D eigenvalue weighted by Gasteiger charge is -2.35. The van der Waals surface area contributed by atoms with Crippen LogP contribution in [-0.2, 0) is 11.2 Å². The Hall–Kier alpha value is -1.11. The first-order valence-corrected chi connectivity index (χ1v) is 11.0. The van der Waals surface area contributed by atoms with E-state index < -0.39 is 0 Å². The quantitative estimate of drug-likeness (QED) is 0.586. The highest BCUT2D eigenvalue weighted by molar-refractivity contribution is 5.79. The second-order valence-corrected chi connectivity index (χ2v) is 9.30. The predicted octanol–water partition coefficient (Wildman–Crippen LogP) is 6.73. The van der Waals surface area contributed by atoms with Crippen LogP contribution in [0, 0.1) is 52.4 Å². The first-order chi connectivity index (χ1) is 12.4. The standard InChI is InChI=1S/C25H38O/c1-16-17(2)19(4)25(20(5)18(16)3)15-8-21-6-9-22(10-7-21)23-11-13-24(26)14-12-23/h21-23H,6-15H2,1-5H3. The molecule has 2 saturated carbocycles. The van der Waals surface area contributed by atoms with E-state index in [2.05, 4.69) is 34.6 Å². The SMILES string of the molecule is Cc1c(C)c(C)c(CCC2CCC(C3CCC(=O)CC3)CC2)c(C)c1C. The van der Waals surface area contributed by atoms with E-state index in [1.807, 2.05) is 0 Å². The molecule has 0 spiro atoms. The highest BCUT2D eigenvalue weighted by atomic mass is 16.1. The Morgan fingerprint density at radius 3 is 1.65 bits per heavy atom. The van der Waals surface area contributed by atoms with Gasteiger partial charge >= 0.3 is 0 Å². The van der Waals surface area contributed by atoms with E-state index in [0.29, 0.717) is 5.78 Å². The van der Waals surface area contributed by atoms with Crippen LogP contribution in [0.25, 0.3) is 0 Å². The number of hydrogen-bond acceptors (Lipinski definition) is 1. The van der Waals surface area contributed by atoms with Crippen molar-refractivity contribution in [1.29, 1.82) is 0 Å². The van der Waals surface area contributed by atoms with Crippen LogP contribution >= 0.6 is 0 Å². The zero-order valence-electron chi connectivity index (χ0n) is 17.7. The lowest BCUT2D eigenvalue weighted by Crippen LogP contribution is -2.26. The van der Waals surface area contributed by atoms with E-state index in [1.54, 1.807) is 5.56 Å². The van der Waals surface area contributed by atoms with Crippen LogP contribution in [0.15, 0.2) is 0 Å². The monoisotopic (exact) mass is 354 g/mol. The highest BCUT2D eigenvalue weighted by Gasteiger charge is 2.30. The van der Waals surface area contributed by atoms with Gasteiger partial charge in [0.2, 0.25) is 0 Å². The third-order valence-corrected chi connectivity index (χ3v) is 8.10. The van der Waals surface area contributed by atoms with E-state index in [9.17, 15) is 4.79 Å². The van der Waals surface area contributed by atoms with E-state index in [1.165, 1.54) is 79.2 Å². The van der Waals surface area contributed by atoms with Crippen molar-refractivity contribution in [2.75, 3.05) is 0 Å². The summed E-state index contributed by atoms with van der Waals surface area (Å²) in [4.78, 5) is 11.5. The van der Waals surface area contributed by atoms with Gasteiger partial charge in [0.25, 0.3) is 0 Å². The molecular formula is C25H38O. The molecule has 1 aromatic rings. The summed E-state index contributed by atoms with van der Waals surface area (Å²) in [5.41, 5.74) is 9.17. The number of benzene rings is 1. The summed E-state index contributed by atoms with van der Waals surface area (Å²) in [6, 6.07) is 0. The van der Waals surface area contributed by atoms with Gasteiger partial charge < -0.3 is 0 Å². The molecule has 2 aliphatic carbocycles. The summed E-state index contributed by atoms with van der Waals surface area (Å²) >= 11 is 0. The van der Waals surface area contributed by atoms with Gasteiger partial charge in [-0.1, -0.05) is 12.8 Å². The van der Waals surface area contributed by atoms with Gasteiger partial charge in [0.05, 0.1) is 0 Å². The van der Waals surface area contributed by atoms with Crippen molar-refractivity contribution in [1.82, 2.24) is 0 Å². The zero-order chi connectivity index (χ0) is 18.8. The van der Waals surface area contributed by atoms with Gasteiger partial charge in [0.15, 0.2) is 0 Å². The van der Waals surface area contributed by atoms with Crippen molar-refractivity contribution in [2.24, 2.45) is 17.8 Å². The Balaban J connectivity index is 1.54. The fraction of sp³-hybridized carbons (Fsp3) is 0.720. The average molecular weight is 355 g/mol. The Bertz CT molecular complexity index is 622. The smallest absolute Gasteiger partial charge is 0.132 e. The fourth-order valence-corrected chi connectivity index (χ4v) is 5.68. The number of ketones is 1. The van der Waals surface area contributed by atoms with E-state index >= 15 is 0 Å². The van der Waals surface area contributed by atoms with Crippen molar-refractivity contribution in [2.45, 2.75) is 98.8 Å². The van der Waals surface area contributed by atoms with Gasteiger partial charge in [-0.2, -0.15) is 0 Å². The molecule has 3 rings (SSSR count). The summed E-state index contributed by atoms with van der Waals surface area (Å²) in [6.45, 7) is 11.5. The maximum absolute atomic E-state index is 11.5. The van der Waals surface area contributed by atoms with Crippen LogP contribution in [0.3, 0.4) is 0 Å². The minimum atomic E-state index is 0.504. The fourth-order valence-electron chi connectivity index (χ4n) is 5.68. The van der Waals surface area contributed by atoms with Crippen molar-refractivity contribution in [3.05, 3.63) is 33.4 Å². The molecular weight excluding hydrogens is 316 g/mol. The summed E-state index contributed by atoms with van der Waals surface area (Å²) < 4.78 is 0. The van der Waals surface area contributed by atoms with E-state index in [4.69, 9.17) is 0 Å². The first-order valence-electron chi connectivity index (χ1n) is 11.0. The van der Waals surface area contributed by atoms with Crippen LogP contribution in [-0.4, -0.2) is 5.78 Å². The van der Waals surface area contributed by atoms with Crippen LogP contribution in [0.2, 0.25) is 0 Å². The summed E-state index contributed by atoms with van der Waals surface area (Å²) in [5, 5.41) is 0. The zero-order valence-corrected chi connectivity index (χ0v) is 17.7. The minimum absolute atomic E-state index is 0.504. The molecule has 0 atom stereocenters. The molecule has 0 heterocycles. The summed E-state index contributed by atoms with van der Waals surface area (Å²) in [6.07, 6.45) is 12.3. The molecule has 1 heteroatoms. The van der Waals surface area contributed by atoms with Gasteiger partial charge in [-0.25, -0.2) is 0 Å². The summed E-state index contributed by atoms with van der Waals surface area (Å²) in [7, 11) is 0. The lowest BCUT2D eigenvalue weighted by molar-refractivity contribution is -0.121. The topological polar surface area (TPSA) is 17.1 Å². The number of rotatable bonds is 4. The normalized spacial score (nSPS) is 24.9. The molecule has 0 N–H and O–H groups in total. The van der Waals surface area contributed by atoms with Crippen molar-refractivity contribution in [3.8, 4) is 0 Å². The van der Waals surface area contributed by atoms with Crippen molar-refractivity contribution in [3.63, 3.8) is 0 Å². The van der Waals surface area contributed by atoms with Crippen LogP contribution in [0.1, 0.15) is 91.2 Å². The maximum Gasteiger partial charge on any atom is 0.132 e. The van der Waals surface area contributed by atoms with Gasteiger partial charge in [-0.3, -0.25) is 4.79 Å². The molecule has 1 aromatic carbocycles. The number of carbonyl (C=O) groups excluding carboxylic acids is 1. The first kappa shape index (κ1) is 19.6. The number of carbonyl (C=O) groups is 1. The molecule has 0 amide bonds. The van der Waals surface area contributed by atoms with Gasteiger partial charge in [0.1, 0.15) is 5.78 Å². The van der Waals surface area contributed by atoms with E-state index in [0.717, 1.165) is 30.6 Å². The number of Topliss-reactive ketones (excluding diaryl/α,β-unsaturated/α-hetero) is 1. The third kappa shape index (κ3) is 4.07. The van der Waals surface area contributed by atoms with Gasteiger partial charge in [0, 0.05) is 12.8 Å². The van der Waals surface area contributed by atoms with Gasteiger partial charge in [-0.15, -0.1) is 0 Å². The van der Waals surface area contributed by atoms with Crippen molar-refractivity contribution >= 4 is 5.78 Å². The molecule has 26 heavy (non-hydrogen) atoms. The van der Waals surface area contributed by atoms with Gasteiger partial charge in [-0.05, 0) is 124 Å². The molecule has 0 aromatic heterocycles. The number of hydrogen-bond donors (Lipinski definition) is 0. The predicted molar refractivity (Wildman–Crippen MR) is 111 cm³/mol. The Labute approximate surface area is 161 Å². The molecule has 0 bridgehead atoms. The molecule has 144 valence electrons. The molecule has 2 fully saturated rings. The molecule has 0 saturated heterocycles. The maximum atomic E-state index is 11.5. The van der Waals surface area contributed by atoms with E-state index in [-0.39, 0.29) is 0 Å². The highest BCUT2D eigenvalue weighted by Crippen LogP contribution is 2.40. The Morgan fingerprint density at radius 1 is 0.654 bits per heavy atom. The van der Waals surface area contributed by atoms with Crippen LogP contribution in [0.4, 0.5) is 0 Å². The lowest BCUT2D eigenvalue weighted by atomic mass is 9.70. The molecule has 2 aliphatic rings. The molecule has 0 unspecified atom stereocenters. The Morgan fingerprint density at radius 2 is 1.12 bits per heavy atom. The second kappa shape index (κ2) is 8.28. The molecule has 1 nitrogen and oxygen atoms in total. The minimum Gasteiger partial charge on any atom is -0.300 e. The van der Waals surface area contributed by atoms with Crippen LogP contribution < -0.4 is 0 Å². The largest absolute Gasteiger partial charge is 0.300 e. The Kier molecular flexibility index (Phi) is 6.25. The van der Waals surface area contributed by atoms with Crippen molar-refractivity contribution < 1.29 is 4.79 Å². The molecule has 0 radical (unpaired) electrons.